The number of nitrogens with two attached hydrogens (primary N) is 1. The highest BCUT2D eigenvalue weighted by Gasteiger charge is 2.20. The summed E-state index contributed by atoms with van der Waals surface area (Å²) in [4.78, 5) is 12.0. The molecule has 1 amide bonds. The molecule has 0 heterocycles. The van der Waals surface area contributed by atoms with Crippen molar-refractivity contribution < 1.29 is 9.53 Å². The lowest BCUT2D eigenvalue weighted by Gasteiger charge is -2.19. The van der Waals surface area contributed by atoms with Crippen molar-refractivity contribution in [3.8, 4) is 0 Å². The fourth-order valence-corrected chi connectivity index (χ4v) is 1.66. The summed E-state index contributed by atoms with van der Waals surface area (Å²) in [5.74, 6) is -0.125. The maximum absolute atomic E-state index is 12.0. The predicted molar refractivity (Wildman–Crippen MR) is 67.5 cm³/mol. The fraction of sp³-hybridized carbons (Fsp3) is 0.462. The van der Waals surface area contributed by atoms with Gasteiger partial charge in [-0.05, 0) is 25.5 Å². The molecular weight excluding hydrogens is 216 g/mol. The Morgan fingerprint density at radius 1 is 1.41 bits per heavy atom. The summed E-state index contributed by atoms with van der Waals surface area (Å²) in [7, 11) is 1.53. The lowest BCUT2D eigenvalue weighted by molar-refractivity contribution is -0.132. The molecule has 1 aromatic rings. The molecule has 1 aromatic carbocycles. The molecule has 1 rings (SSSR count). The van der Waals surface area contributed by atoms with Crippen LogP contribution >= 0.6 is 0 Å². The number of benzene rings is 1. The molecule has 2 unspecified atom stereocenters. The molecular formula is C13H20N2O2. The third-order valence-corrected chi connectivity index (χ3v) is 2.56. The number of ether oxygens (including phenoxy) is 1. The lowest BCUT2D eigenvalue weighted by Crippen LogP contribution is -2.38. The van der Waals surface area contributed by atoms with Crippen LogP contribution in [0.4, 0.5) is 0 Å². The summed E-state index contributed by atoms with van der Waals surface area (Å²) in [5, 5.41) is 2.89. The molecule has 0 spiro atoms. The van der Waals surface area contributed by atoms with Crippen molar-refractivity contribution in [3.05, 3.63) is 35.9 Å². The third kappa shape index (κ3) is 4.17. The zero-order chi connectivity index (χ0) is 12.7. The highest BCUT2D eigenvalue weighted by Crippen LogP contribution is 2.16. The predicted octanol–water partition coefficient (Wildman–Crippen LogP) is 1.23. The van der Waals surface area contributed by atoms with Gasteiger partial charge in [0.15, 0.2) is 6.10 Å². The summed E-state index contributed by atoms with van der Waals surface area (Å²) < 4.78 is 5.23. The Labute approximate surface area is 102 Å². The zero-order valence-corrected chi connectivity index (χ0v) is 10.3. The number of hydrogen-bond donors (Lipinski definition) is 2. The van der Waals surface area contributed by atoms with Crippen LogP contribution in [0, 0.1) is 0 Å². The highest BCUT2D eigenvalue weighted by atomic mass is 16.5. The van der Waals surface area contributed by atoms with E-state index in [1.54, 1.807) is 0 Å². The number of methoxy groups -OCH3 is 1. The average molecular weight is 236 g/mol. The number of amides is 1. The van der Waals surface area contributed by atoms with Gasteiger partial charge >= 0.3 is 0 Å². The van der Waals surface area contributed by atoms with E-state index < -0.39 is 6.10 Å². The van der Waals surface area contributed by atoms with Gasteiger partial charge in [0.1, 0.15) is 0 Å². The smallest absolute Gasteiger partial charge is 0.253 e. The molecule has 0 fully saturated rings. The molecule has 94 valence electrons. The number of rotatable bonds is 6. The van der Waals surface area contributed by atoms with Gasteiger partial charge in [-0.25, -0.2) is 0 Å². The Morgan fingerprint density at radius 3 is 2.59 bits per heavy atom. The molecule has 0 aliphatic heterocycles. The molecule has 0 radical (unpaired) electrons. The highest BCUT2D eigenvalue weighted by molar-refractivity contribution is 5.82. The van der Waals surface area contributed by atoms with Gasteiger partial charge in [0.05, 0.1) is 0 Å². The van der Waals surface area contributed by atoms with Crippen LogP contribution in [0.25, 0.3) is 0 Å². The minimum atomic E-state index is -0.559. The Morgan fingerprint density at radius 2 is 2.06 bits per heavy atom. The van der Waals surface area contributed by atoms with E-state index in [2.05, 4.69) is 5.32 Å². The maximum Gasteiger partial charge on any atom is 0.253 e. The van der Waals surface area contributed by atoms with Crippen molar-refractivity contribution in [1.29, 1.82) is 0 Å². The molecule has 0 aliphatic rings. The van der Waals surface area contributed by atoms with Crippen LogP contribution in [0.1, 0.15) is 25.0 Å². The van der Waals surface area contributed by atoms with Gasteiger partial charge in [0, 0.05) is 13.2 Å². The Hall–Kier alpha value is -1.39. The first-order valence-electron chi connectivity index (χ1n) is 5.77. The minimum absolute atomic E-state index is 0.0638. The first-order chi connectivity index (χ1) is 8.19. The Kier molecular flexibility index (Phi) is 5.66. The summed E-state index contributed by atoms with van der Waals surface area (Å²) in [6.45, 7) is 2.49. The summed E-state index contributed by atoms with van der Waals surface area (Å²) >= 11 is 0. The first kappa shape index (κ1) is 13.7. The van der Waals surface area contributed by atoms with Crippen molar-refractivity contribution in [2.45, 2.75) is 25.5 Å². The van der Waals surface area contributed by atoms with E-state index in [0.717, 1.165) is 12.0 Å². The first-order valence-corrected chi connectivity index (χ1v) is 5.77. The molecule has 0 bridgehead atoms. The topological polar surface area (TPSA) is 64.3 Å². The van der Waals surface area contributed by atoms with Gasteiger partial charge in [0.25, 0.3) is 5.91 Å². The standard InChI is InChI=1S/C13H20N2O2/c1-10(8-9-14)15-13(16)12(17-2)11-6-4-3-5-7-11/h3-7,10,12H,8-9,14H2,1-2H3,(H,15,16). The van der Waals surface area contributed by atoms with E-state index in [1.165, 1.54) is 7.11 Å². The third-order valence-electron chi connectivity index (χ3n) is 2.56. The van der Waals surface area contributed by atoms with E-state index in [0.29, 0.717) is 6.54 Å². The molecule has 3 N–H and O–H groups in total. The normalized spacial score (nSPS) is 14.1. The van der Waals surface area contributed by atoms with Crippen LogP contribution in [0.2, 0.25) is 0 Å². The summed E-state index contributed by atoms with van der Waals surface area (Å²) in [6, 6.07) is 9.50. The SMILES string of the molecule is COC(C(=O)NC(C)CCN)c1ccccc1. The Bertz CT molecular complexity index is 341. The van der Waals surface area contributed by atoms with E-state index in [1.807, 2.05) is 37.3 Å². The van der Waals surface area contributed by atoms with Gasteiger partial charge < -0.3 is 15.8 Å². The molecule has 17 heavy (non-hydrogen) atoms. The fourth-order valence-electron chi connectivity index (χ4n) is 1.66. The molecule has 0 saturated heterocycles. The van der Waals surface area contributed by atoms with Crippen LogP contribution in [-0.2, 0) is 9.53 Å². The van der Waals surface area contributed by atoms with Crippen LogP contribution in [0.15, 0.2) is 30.3 Å². The van der Waals surface area contributed by atoms with Crippen LogP contribution in [0.3, 0.4) is 0 Å². The minimum Gasteiger partial charge on any atom is -0.367 e. The number of hydrogen-bond acceptors (Lipinski definition) is 3. The molecule has 0 saturated carbocycles. The van der Waals surface area contributed by atoms with Crippen LogP contribution < -0.4 is 11.1 Å². The molecule has 0 aromatic heterocycles. The van der Waals surface area contributed by atoms with Crippen molar-refractivity contribution in [2.24, 2.45) is 5.73 Å². The summed E-state index contributed by atoms with van der Waals surface area (Å²) in [5.41, 5.74) is 6.30. The number of carbonyl (C=O) groups is 1. The second-order valence-corrected chi connectivity index (χ2v) is 4.01. The molecule has 0 aliphatic carbocycles. The zero-order valence-electron chi connectivity index (χ0n) is 10.3. The van der Waals surface area contributed by atoms with E-state index in [-0.39, 0.29) is 11.9 Å². The van der Waals surface area contributed by atoms with E-state index in [9.17, 15) is 4.79 Å². The monoisotopic (exact) mass is 236 g/mol. The second-order valence-electron chi connectivity index (χ2n) is 4.01. The van der Waals surface area contributed by atoms with Crippen molar-refractivity contribution in [1.82, 2.24) is 5.32 Å². The van der Waals surface area contributed by atoms with Gasteiger partial charge in [-0.2, -0.15) is 0 Å². The molecule has 2 atom stereocenters. The second kappa shape index (κ2) is 7.04. The Balaban J connectivity index is 2.65. The average Bonchev–Trinajstić information content (AvgIpc) is 2.31. The van der Waals surface area contributed by atoms with E-state index >= 15 is 0 Å². The molecule has 4 nitrogen and oxygen atoms in total. The van der Waals surface area contributed by atoms with Crippen molar-refractivity contribution in [2.75, 3.05) is 13.7 Å². The largest absolute Gasteiger partial charge is 0.367 e. The maximum atomic E-state index is 12.0. The van der Waals surface area contributed by atoms with Gasteiger partial charge in [-0.1, -0.05) is 30.3 Å². The molecule has 4 heteroatoms. The number of nitrogens with one attached hydrogen (secondary N) is 1. The van der Waals surface area contributed by atoms with E-state index in [4.69, 9.17) is 10.5 Å². The van der Waals surface area contributed by atoms with Crippen molar-refractivity contribution in [3.63, 3.8) is 0 Å². The van der Waals surface area contributed by atoms with Crippen molar-refractivity contribution >= 4 is 5.91 Å². The lowest BCUT2D eigenvalue weighted by atomic mass is 10.1. The van der Waals surface area contributed by atoms with Gasteiger partial charge in [0.2, 0.25) is 0 Å². The van der Waals surface area contributed by atoms with Crippen LogP contribution in [-0.4, -0.2) is 25.6 Å². The summed E-state index contributed by atoms with van der Waals surface area (Å²) in [6.07, 6.45) is 0.202. The van der Waals surface area contributed by atoms with Gasteiger partial charge in [-0.3, -0.25) is 4.79 Å². The number of carbonyl (C=O) groups excluding carboxylic acids is 1. The van der Waals surface area contributed by atoms with Gasteiger partial charge in [-0.15, -0.1) is 0 Å². The quantitative estimate of drug-likeness (QED) is 0.780. The van der Waals surface area contributed by atoms with Crippen LogP contribution in [0.5, 0.6) is 0 Å².